The number of aromatic nitrogens is 4. The van der Waals surface area contributed by atoms with E-state index in [1.54, 1.807) is 0 Å². The summed E-state index contributed by atoms with van der Waals surface area (Å²) in [5, 5.41) is 11.2. The van der Waals surface area contributed by atoms with Crippen molar-refractivity contribution in [3.05, 3.63) is 53.4 Å². The summed E-state index contributed by atoms with van der Waals surface area (Å²) in [4.78, 5) is 16.8. The molecule has 0 spiro atoms. The monoisotopic (exact) mass is 395 g/mol. The molecule has 3 heterocycles. The topological polar surface area (TPSA) is 95.1 Å². The molecular weight excluding hydrogens is 370 g/mol. The number of carbonyl (C=O) groups is 1. The smallest absolute Gasteiger partial charge is 0.255 e. The normalized spacial score (nSPS) is 16.3. The molecule has 1 aliphatic rings. The third-order valence-corrected chi connectivity index (χ3v) is 5.18. The summed E-state index contributed by atoms with van der Waals surface area (Å²) in [6, 6.07) is 7.56. The first kappa shape index (κ1) is 19.3. The molecule has 29 heavy (non-hydrogen) atoms. The Morgan fingerprint density at radius 3 is 2.83 bits per heavy atom. The molecule has 0 bridgehead atoms. The predicted molar refractivity (Wildman–Crippen MR) is 106 cm³/mol. The summed E-state index contributed by atoms with van der Waals surface area (Å²) in [6.45, 7) is 6.12. The summed E-state index contributed by atoms with van der Waals surface area (Å²) in [6.07, 6.45) is 4.21. The second kappa shape index (κ2) is 8.57. The number of hydrogen-bond acceptors (Lipinski definition) is 6. The number of rotatable bonds is 7. The fourth-order valence-corrected chi connectivity index (χ4v) is 3.51. The SMILES string of the molecule is CCn1ncc(-c2ccc(C(=O)NCCc3noc(C4CCCO4)n3)cc2)c1C. The minimum absolute atomic E-state index is 0.0857. The highest BCUT2D eigenvalue weighted by Gasteiger charge is 2.23. The number of nitrogens with zero attached hydrogens (tertiary/aromatic N) is 4. The van der Waals surface area contributed by atoms with Crippen LogP contribution in [0.1, 0.15) is 53.6 Å². The molecule has 1 atom stereocenters. The van der Waals surface area contributed by atoms with E-state index in [-0.39, 0.29) is 12.0 Å². The molecule has 2 aromatic heterocycles. The van der Waals surface area contributed by atoms with Gasteiger partial charge in [-0.2, -0.15) is 10.1 Å². The van der Waals surface area contributed by atoms with Gasteiger partial charge in [-0.15, -0.1) is 0 Å². The van der Waals surface area contributed by atoms with Gasteiger partial charge in [0, 0.05) is 42.9 Å². The molecule has 1 N–H and O–H groups in total. The second-order valence-corrected chi connectivity index (χ2v) is 7.09. The maximum atomic E-state index is 12.4. The summed E-state index contributed by atoms with van der Waals surface area (Å²) in [7, 11) is 0. The maximum Gasteiger partial charge on any atom is 0.255 e. The van der Waals surface area contributed by atoms with Crippen molar-refractivity contribution in [3.63, 3.8) is 0 Å². The highest BCUT2D eigenvalue weighted by molar-refractivity contribution is 5.94. The number of amides is 1. The molecule has 0 radical (unpaired) electrons. The van der Waals surface area contributed by atoms with Gasteiger partial charge in [0.25, 0.3) is 11.8 Å². The average molecular weight is 395 g/mol. The lowest BCUT2D eigenvalue weighted by atomic mass is 10.0. The van der Waals surface area contributed by atoms with Crippen molar-refractivity contribution in [2.24, 2.45) is 0 Å². The first-order valence-electron chi connectivity index (χ1n) is 10.0. The van der Waals surface area contributed by atoms with Crippen LogP contribution in [0.3, 0.4) is 0 Å². The Bertz CT molecular complexity index is 971. The summed E-state index contributed by atoms with van der Waals surface area (Å²) >= 11 is 0. The van der Waals surface area contributed by atoms with Crippen molar-refractivity contribution < 1.29 is 14.1 Å². The van der Waals surface area contributed by atoms with Gasteiger partial charge in [-0.1, -0.05) is 17.3 Å². The van der Waals surface area contributed by atoms with Crippen LogP contribution in [0.2, 0.25) is 0 Å². The first-order chi connectivity index (χ1) is 14.2. The highest BCUT2D eigenvalue weighted by Crippen LogP contribution is 2.27. The van der Waals surface area contributed by atoms with Gasteiger partial charge in [0.05, 0.1) is 6.20 Å². The molecule has 8 nitrogen and oxygen atoms in total. The second-order valence-electron chi connectivity index (χ2n) is 7.09. The number of carbonyl (C=O) groups excluding carboxylic acids is 1. The number of hydrogen-bond donors (Lipinski definition) is 1. The zero-order valence-electron chi connectivity index (χ0n) is 16.7. The predicted octanol–water partition coefficient (Wildman–Crippen LogP) is 3.09. The van der Waals surface area contributed by atoms with Crippen molar-refractivity contribution in [3.8, 4) is 11.1 Å². The van der Waals surface area contributed by atoms with Gasteiger partial charge < -0.3 is 14.6 Å². The van der Waals surface area contributed by atoms with Gasteiger partial charge in [-0.05, 0) is 44.4 Å². The minimum Gasteiger partial charge on any atom is -0.368 e. The molecule has 8 heteroatoms. The number of aryl methyl sites for hydroxylation is 1. The highest BCUT2D eigenvalue weighted by atomic mass is 16.5. The number of ether oxygens (including phenoxy) is 1. The molecule has 3 aromatic rings. The van der Waals surface area contributed by atoms with Gasteiger partial charge in [0.2, 0.25) is 0 Å². The summed E-state index contributed by atoms with van der Waals surface area (Å²) < 4.78 is 12.8. The lowest BCUT2D eigenvalue weighted by Gasteiger charge is -2.06. The van der Waals surface area contributed by atoms with E-state index in [1.807, 2.05) is 35.1 Å². The van der Waals surface area contributed by atoms with Gasteiger partial charge in [0.15, 0.2) is 5.82 Å². The first-order valence-corrected chi connectivity index (χ1v) is 10.0. The van der Waals surface area contributed by atoms with Crippen LogP contribution in [0.15, 0.2) is 35.0 Å². The Balaban J connectivity index is 1.31. The fraction of sp³-hybridized carbons (Fsp3) is 0.429. The molecule has 1 amide bonds. The lowest BCUT2D eigenvalue weighted by Crippen LogP contribution is -2.25. The molecule has 1 aliphatic heterocycles. The van der Waals surface area contributed by atoms with E-state index in [9.17, 15) is 4.79 Å². The third-order valence-electron chi connectivity index (χ3n) is 5.18. The molecule has 1 unspecified atom stereocenters. The standard InChI is InChI=1S/C21H25N5O3/c1-3-26-14(2)17(13-23-26)15-6-8-16(9-7-15)20(27)22-11-10-19-24-21(29-25-19)18-5-4-12-28-18/h6-9,13,18H,3-5,10-12H2,1-2H3,(H,22,27). The molecule has 4 rings (SSSR count). The van der Waals surface area contributed by atoms with Crippen LogP contribution in [-0.2, 0) is 17.7 Å². The Morgan fingerprint density at radius 1 is 1.31 bits per heavy atom. The molecule has 1 fully saturated rings. The van der Waals surface area contributed by atoms with Crippen LogP contribution in [-0.4, -0.2) is 39.0 Å². The van der Waals surface area contributed by atoms with Crippen molar-refractivity contribution >= 4 is 5.91 Å². The van der Waals surface area contributed by atoms with Gasteiger partial charge in [-0.3, -0.25) is 9.48 Å². The maximum absolute atomic E-state index is 12.4. The van der Waals surface area contributed by atoms with E-state index in [0.29, 0.717) is 30.2 Å². The lowest BCUT2D eigenvalue weighted by molar-refractivity contribution is 0.0835. The van der Waals surface area contributed by atoms with Crippen molar-refractivity contribution in [2.45, 2.75) is 45.8 Å². The minimum atomic E-state index is -0.125. The quantitative estimate of drug-likeness (QED) is 0.661. The zero-order chi connectivity index (χ0) is 20.2. The summed E-state index contributed by atoms with van der Waals surface area (Å²) in [5.74, 6) is 0.982. The molecular formula is C21H25N5O3. The molecule has 1 aromatic carbocycles. The zero-order valence-corrected chi connectivity index (χ0v) is 16.7. The Morgan fingerprint density at radius 2 is 2.14 bits per heavy atom. The Hall–Kier alpha value is -3.00. The van der Waals surface area contributed by atoms with Crippen molar-refractivity contribution in [1.82, 2.24) is 25.2 Å². The molecule has 0 saturated carbocycles. The number of benzene rings is 1. The fourth-order valence-electron chi connectivity index (χ4n) is 3.51. The number of nitrogens with one attached hydrogen (secondary N) is 1. The van der Waals surface area contributed by atoms with Crippen molar-refractivity contribution in [1.29, 1.82) is 0 Å². The molecule has 152 valence electrons. The summed E-state index contributed by atoms with van der Waals surface area (Å²) in [5.41, 5.74) is 3.86. The van der Waals surface area contributed by atoms with Crippen LogP contribution in [0.25, 0.3) is 11.1 Å². The Kier molecular flexibility index (Phi) is 5.71. The van der Waals surface area contributed by atoms with Crippen LogP contribution in [0.5, 0.6) is 0 Å². The van der Waals surface area contributed by atoms with E-state index in [1.165, 1.54) is 0 Å². The van der Waals surface area contributed by atoms with E-state index in [2.05, 4.69) is 34.4 Å². The van der Waals surface area contributed by atoms with Crippen LogP contribution >= 0.6 is 0 Å². The van der Waals surface area contributed by atoms with Crippen LogP contribution in [0.4, 0.5) is 0 Å². The van der Waals surface area contributed by atoms with E-state index in [0.717, 1.165) is 42.8 Å². The van der Waals surface area contributed by atoms with E-state index >= 15 is 0 Å². The van der Waals surface area contributed by atoms with Crippen LogP contribution < -0.4 is 5.32 Å². The van der Waals surface area contributed by atoms with E-state index < -0.39 is 0 Å². The van der Waals surface area contributed by atoms with Gasteiger partial charge >= 0.3 is 0 Å². The van der Waals surface area contributed by atoms with Gasteiger partial charge in [-0.25, -0.2) is 0 Å². The molecule has 0 aliphatic carbocycles. The molecule has 1 saturated heterocycles. The van der Waals surface area contributed by atoms with Gasteiger partial charge in [0.1, 0.15) is 6.10 Å². The third kappa shape index (κ3) is 4.22. The van der Waals surface area contributed by atoms with Crippen molar-refractivity contribution in [2.75, 3.05) is 13.2 Å². The van der Waals surface area contributed by atoms with Crippen LogP contribution in [0, 0.1) is 6.92 Å². The Labute approximate surface area is 169 Å². The largest absolute Gasteiger partial charge is 0.368 e. The average Bonchev–Trinajstić information content (AvgIpc) is 3.49. The van der Waals surface area contributed by atoms with E-state index in [4.69, 9.17) is 9.26 Å².